The van der Waals surface area contributed by atoms with E-state index in [1.165, 1.54) is 0 Å². The molecule has 0 aliphatic rings. The summed E-state index contributed by atoms with van der Waals surface area (Å²) in [5.41, 5.74) is 8.36. The molecule has 0 atom stereocenters. The van der Waals surface area contributed by atoms with Crippen LogP contribution in [0, 0.1) is 0 Å². The van der Waals surface area contributed by atoms with Crippen molar-refractivity contribution in [3.8, 4) is 0 Å². The number of anilines is 2. The van der Waals surface area contributed by atoms with Crippen LogP contribution in [-0.2, 0) is 11.3 Å². The van der Waals surface area contributed by atoms with E-state index in [1.807, 2.05) is 60.5 Å². The molecule has 0 unspecified atom stereocenters. The van der Waals surface area contributed by atoms with Gasteiger partial charge >= 0.3 is 0 Å². The SMILES string of the molecule is CN(CC(=O)Nc1cccc(Br)c1)Cc1cccc(N)c1. The third-order valence-electron chi connectivity index (χ3n) is 2.93. The first-order valence-electron chi connectivity index (χ1n) is 6.61. The van der Waals surface area contributed by atoms with E-state index in [-0.39, 0.29) is 5.91 Å². The van der Waals surface area contributed by atoms with Crippen molar-refractivity contribution in [1.29, 1.82) is 0 Å². The molecule has 0 saturated carbocycles. The van der Waals surface area contributed by atoms with Gasteiger partial charge in [0.15, 0.2) is 0 Å². The third-order valence-corrected chi connectivity index (χ3v) is 3.42. The molecule has 2 aromatic rings. The van der Waals surface area contributed by atoms with Crippen LogP contribution in [0.25, 0.3) is 0 Å². The smallest absolute Gasteiger partial charge is 0.238 e. The quantitative estimate of drug-likeness (QED) is 0.817. The Morgan fingerprint density at radius 1 is 1.24 bits per heavy atom. The number of halogens is 1. The Morgan fingerprint density at radius 3 is 2.71 bits per heavy atom. The van der Waals surface area contributed by atoms with E-state index < -0.39 is 0 Å². The van der Waals surface area contributed by atoms with Gasteiger partial charge < -0.3 is 11.1 Å². The monoisotopic (exact) mass is 347 g/mol. The van der Waals surface area contributed by atoms with Gasteiger partial charge in [-0.15, -0.1) is 0 Å². The molecular formula is C16H18BrN3O. The highest BCUT2D eigenvalue weighted by molar-refractivity contribution is 9.10. The van der Waals surface area contributed by atoms with Crippen molar-refractivity contribution in [2.45, 2.75) is 6.54 Å². The number of carbonyl (C=O) groups excluding carboxylic acids is 1. The molecule has 2 aromatic carbocycles. The maximum absolute atomic E-state index is 12.0. The van der Waals surface area contributed by atoms with E-state index in [9.17, 15) is 4.79 Å². The van der Waals surface area contributed by atoms with Crippen molar-refractivity contribution in [1.82, 2.24) is 4.90 Å². The Balaban J connectivity index is 1.87. The summed E-state index contributed by atoms with van der Waals surface area (Å²) in [6, 6.07) is 15.2. The van der Waals surface area contributed by atoms with Crippen LogP contribution >= 0.6 is 15.9 Å². The maximum atomic E-state index is 12.0. The fourth-order valence-electron chi connectivity index (χ4n) is 2.07. The van der Waals surface area contributed by atoms with Crippen molar-refractivity contribution >= 4 is 33.2 Å². The largest absolute Gasteiger partial charge is 0.399 e. The second-order valence-electron chi connectivity index (χ2n) is 4.98. The zero-order valence-electron chi connectivity index (χ0n) is 11.8. The lowest BCUT2D eigenvalue weighted by molar-refractivity contribution is -0.117. The Labute approximate surface area is 133 Å². The van der Waals surface area contributed by atoms with Gasteiger partial charge in [-0.05, 0) is 42.9 Å². The predicted molar refractivity (Wildman–Crippen MR) is 90.0 cm³/mol. The Kier molecular flexibility index (Phi) is 5.36. The minimum absolute atomic E-state index is 0.0421. The Bertz CT molecular complexity index is 630. The number of nitrogens with zero attached hydrogens (tertiary/aromatic N) is 1. The van der Waals surface area contributed by atoms with Crippen molar-refractivity contribution in [3.63, 3.8) is 0 Å². The van der Waals surface area contributed by atoms with Crippen LogP contribution in [0.15, 0.2) is 53.0 Å². The minimum atomic E-state index is -0.0421. The molecule has 2 rings (SSSR count). The lowest BCUT2D eigenvalue weighted by Gasteiger charge is -2.16. The van der Waals surface area contributed by atoms with Gasteiger partial charge in [0.2, 0.25) is 5.91 Å². The molecule has 0 aromatic heterocycles. The van der Waals surface area contributed by atoms with Crippen LogP contribution in [0.2, 0.25) is 0 Å². The van der Waals surface area contributed by atoms with E-state index in [1.54, 1.807) is 0 Å². The van der Waals surface area contributed by atoms with Crippen molar-refractivity contribution in [2.75, 3.05) is 24.6 Å². The molecule has 0 bridgehead atoms. The summed E-state index contributed by atoms with van der Waals surface area (Å²) in [6.45, 7) is 0.998. The van der Waals surface area contributed by atoms with Gasteiger partial charge in [-0.2, -0.15) is 0 Å². The van der Waals surface area contributed by atoms with Crippen LogP contribution < -0.4 is 11.1 Å². The molecule has 0 spiro atoms. The second kappa shape index (κ2) is 7.24. The zero-order valence-corrected chi connectivity index (χ0v) is 13.4. The summed E-state index contributed by atoms with van der Waals surface area (Å²) in [4.78, 5) is 13.9. The van der Waals surface area contributed by atoms with Gasteiger partial charge in [0.25, 0.3) is 0 Å². The van der Waals surface area contributed by atoms with Crippen molar-refractivity contribution in [3.05, 3.63) is 58.6 Å². The average Bonchev–Trinajstić information content (AvgIpc) is 2.38. The lowest BCUT2D eigenvalue weighted by Crippen LogP contribution is -2.29. The molecular weight excluding hydrogens is 330 g/mol. The molecule has 0 heterocycles. The van der Waals surface area contributed by atoms with Crippen LogP contribution in [0.1, 0.15) is 5.56 Å². The van der Waals surface area contributed by atoms with Gasteiger partial charge in [0.1, 0.15) is 0 Å². The summed E-state index contributed by atoms with van der Waals surface area (Å²) < 4.78 is 0.938. The van der Waals surface area contributed by atoms with E-state index in [4.69, 9.17) is 5.73 Å². The standard InChI is InChI=1S/C16H18BrN3O/c1-20(10-12-4-2-6-14(18)8-12)11-16(21)19-15-7-3-5-13(17)9-15/h2-9H,10-11,18H2,1H3,(H,19,21). The first kappa shape index (κ1) is 15.5. The summed E-state index contributed by atoms with van der Waals surface area (Å²) in [7, 11) is 1.91. The van der Waals surface area contributed by atoms with Gasteiger partial charge in [-0.3, -0.25) is 9.69 Å². The summed E-state index contributed by atoms with van der Waals surface area (Å²) in [5, 5.41) is 2.88. The predicted octanol–water partition coefficient (Wildman–Crippen LogP) is 3.10. The number of amides is 1. The number of hydrogen-bond acceptors (Lipinski definition) is 3. The Morgan fingerprint density at radius 2 is 2.00 bits per heavy atom. The summed E-state index contributed by atoms with van der Waals surface area (Å²) in [6.07, 6.45) is 0. The second-order valence-corrected chi connectivity index (χ2v) is 5.89. The van der Waals surface area contributed by atoms with Crippen LogP contribution in [0.5, 0.6) is 0 Å². The maximum Gasteiger partial charge on any atom is 0.238 e. The highest BCUT2D eigenvalue weighted by Gasteiger charge is 2.08. The number of likely N-dealkylation sites (N-methyl/N-ethyl adjacent to an activating group) is 1. The van der Waals surface area contributed by atoms with Crippen molar-refractivity contribution < 1.29 is 4.79 Å². The number of carbonyl (C=O) groups is 1. The van der Waals surface area contributed by atoms with Gasteiger partial charge in [0.05, 0.1) is 6.54 Å². The van der Waals surface area contributed by atoms with E-state index in [0.29, 0.717) is 13.1 Å². The Hall–Kier alpha value is -1.85. The number of benzene rings is 2. The highest BCUT2D eigenvalue weighted by atomic mass is 79.9. The molecule has 0 aliphatic carbocycles. The molecule has 0 saturated heterocycles. The summed E-state index contributed by atoms with van der Waals surface area (Å²) >= 11 is 3.38. The lowest BCUT2D eigenvalue weighted by atomic mass is 10.2. The van der Waals surface area contributed by atoms with Crippen molar-refractivity contribution in [2.24, 2.45) is 0 Å². The molecule has 21 heavy (non-hydrogen) atoms. The molecule has 110 valence electrons. The molecule has 1 amide bonds. The average molecular weight is 348 g/mol. The van der Waals surface area contributed by atoms with Gasteiger partial charge in [-0.25, -0.2) is 0 Å². The molecule has 3 N–H and O–H groups in total. The van der Waals surface area contributed by atoms with E-state index >= 15 is 0 Å². The number of nitrogen functional groups attached to an aromatic ring is 1. The molecule has 0 aliphatic heterocycles. The zero-order chi connectivity index (χ0) is 15.2. The number of hydrogen-bond donors (Lipinski definition) is 2. The molecule has 0 fully saturated rings. The number of nitrogens with one attached hydrogen (secondary N) is 1. The molecule has 4 nitrogen and oxygen atoms in total. The van der Waals surface area contributed by atoms with Crippen LogP contribution in [-0.4, -0.2) is 24.4 Å². The van der Waals surface area contributed by atoms with Gasteiger partial charge in [-0.1, -0.05) is 34.1 Å². The first-order chi connectivity index (χ1) is 10.0. The topological polar surface area (TPSA) is 58.4 Å². The molecule has 0 radical (unpaired) electrons. The van der Waals surface area contributed by atoms with Crippen LogP contribution in [0.3, 0.4) is 0 Å². The number of rotatable bonds is 5. The highest BCUT2D eigenvalue weighted by Crippen LogP contribution is 2.15. The fourth-order valence-corrected chi connectivity index (χ4v) is 2.47. The number of nitrogens with two attached hydrogens (primary N) is 1. The normalized spacial score (nSPS) is 10.6. The fraction of sp³-hybridized carbons (Fsp3) is 0.188. The first-order valence-corrected chi connectivity index (χ1v) is 7.40. The van der Waals surface area contributed by atoms with E-state index in [0.717, 1.165) is 21.4 Å². The molecule has 5 heteroatoms. The minimum Gasteiger partial charge on any atom is -0.399 e. The van der Waals surface area contributed by atoms with Crippen LogP contribution in [0.4, 0.5) is 11.4 Å². The third kappa shape index (κ3) is 5.21. The summed E-state index contributed by atoms with van der Waals surface area (Å²) in [5.74, 6) is -0.0421. The van der Waals surface area contributed by atoms with E-state index in [2.05, 4.69) is 21.2 Å². The van der Waals surface area contributed by atoms with Gasteiger partial charge in [0, 0.05) is 22.4 Å².